The van der Waals surface area contributed by atoms with Gasteiger partial charge in [-0.2, -0.15) is 38.2 Å². The first-order valence-corrected chi connectivity index (χ1v) is 28.5. The first-order chi connectivity index (χ1) is 32.6. The molecule has 70 heavy (non-hydrogen) atoms. The molecule has 0 spiro atoms. The van der Waals surface area contributed by atoms with E-state index < -0.39 is 68.8 Å². The summed E-state index contributed by atoms with van der Waals surface area (Å²) in [7, 11) is -17.7. The highest BCUT2D eigenvalue weighted by molar-refractivity contribution is 7.86. The van der Waals surface area contributed by atoms with Gasteiger partial charge < -0.3 is 10.0 Å². The van der Waals surface area contributed by atoms with Crippen molar-refractivity contribution in [3.63, 3.8) is 0 Å². The van der Waals surface area contributed by atoms with Crippen LogP contribution in [0.4, 0.5) is 11.4 Å². The molecule has 0 fully saturated rings. The zero-order chi connectivity index (χ0) is 51.2. The monoisotopic (exact) mass is 1040 g/mol. The van der Waals surface area contributed by atoms with Gasteiger partial charge in [0.05, 0.1) is 21.8 Å². The van der Waals surface area contributed by atoms with Crippen molar-refractivity contribution in [1.29, 1.82) is 0 Å². The van der Waals surface area contributed by atoms with Crippen molar-refractivity contribution >= 4 is 90.6 Å². The van der Waals surface area contributed by atoms with Crippen molar-refractivity contribution in [2.45, 2.75) is 86.8 Å². The molecule has 2 heterocycles. The zero-order valence-electron chi connectivity index (χ0n) is 38.9. The molecular weight excluding hydrogens is 981 g/mol. The van der Waals surface area contributed by atoms with Gasteiger partial charge in [-0.25, -0.2) is 0 Å². The number of aryl methyl sites for hydroxylation is 1. The molecule has 0 atom stereocenters. The number of carboxylic acid groups (broad SMARTS) is 1. The Morgan fingerprint density at radius 1 is 0.686 bits per heavy atom. The molecular formula is C50H55N2O14S4+. The number of carboxylic acids is 1. The third-order valence-corrected chi connectivity index (χ3v) is 16.4. The molecule has 5 N–H and O–H groups in total. The van der Waals surface area contributed by atoms with E-state index in [1.165, 1.54) is 18.2 Å². The molecule has 0 bridgehead atoms. The highest BCUT2D eigenvalue weighted by atomic mass is 32.2. The smallest absolute Gasteiger partial charge is 0.303 e. The van der Waals surface area contributed by atoms with E-state index in [0.717, 1.165) is 39.5 Å². The summed E-state index contributed by atoms with van der Waals surface area (Å²) in [5.41, 5.74) is 4.90. The van der Waals surface area contributed by atoms with Gasteiger partial charge in [0.15, 0.2) is 5.71 Å². The second-order valence-corrected chi connectivity index (χ2v) is 24.6. The molecule has 0 amide bonds. The maximum Gasteiger partial charge on any atom is 0.303 e. The van der Waals surface area contributed by atoms with Crippen LogP contribution in [-0.2, 0) is 62.5 Å². The molecule has 372 valence electrons. The molecule has 0 radical (unpaired) electrons. The van der Waals surface area contributed by atoms with E-state index in [2.05, 4.69) is 0 Å². The van der Waals surface area contributed by atoms with E-state index in [9.17, 15) is 61.8 Å². The van der Waals surface area contributed by atoms with Crippen molar-refractivity contribution in [3.05, 3.63) is 137 Å². The predicted octanol–water partition coefficient (Wildman–Crippen LogP) is 8.54. The summed E-state index contributed by atoms with van der Waals surface area (Å²) in [6.07, 6.45) is 8.72. The Balaban J connectivity index is 1.42. The normalized spacial score (nSPS) is 16.8. The third kappa shape index (κ3) is 11.3. The molecule has 5 aromatic carbocycles. The van der Waals surface area contributed by atoms with Crippen LogP contribution in [0.2, 0.25) is 0 Å². The molecule has 20 heteroatoms. The number of allylic oxidation sites excluding steroid dienone is 6. The van der Waals surface area contributed by atoms with Crippen molar-refractivity contribution < 1.29 is 66.4 Å². The van der Waals surface area contributed by atoms with E-state index in [0.29, 0.717) is 58.6 Å². The Morgan fingerprint density at radius 2 is 1.36 bits per heavy atom. The van der Waals surface area contributed by atoms with Crippen molar-refractivity contribution in [1.82, 2.24) is 0 Å². The van der Waals surface area contributed by atoms with Gasteiger partial charge in [0.25, 0.3) is 40.5 Å². The van der Waals surface area contributed by atoms with Crippen LogP contribution < -0.4 is 4.90 Å². The van der Waals surface area contributed by atoms with E-state index in [4.69, 9.17) is 0 Å². The molecule has 2 aliphatic rings. The molecule has 16 nitrogen and oxygen atoms in total. The summed E-state index contributed by atoms with van der Waals surface area (Å²) in [6, 6.07) is 23.5. The largest absolute Gasteiger partial charge is 0.481 e. The number of anilines is 1. The SMILES string of the molecule is CC1(C)C(/C=C/C(=C/C=C2/N(CCCCS(=O)(=O)O)c3ccc4c(S(=O)(=O)O)cccc4c3C2(C)C)c2cccc(CCC(=O)O)c2)=[N+](CCCCS(=O)(=O)O)c2ccc3ccc(S(=O)(=O)O)cc3c21. The van der Waals surface area contributed by atoms with Gasteiger partial charge in [-0.15, -0.1) is 0 Å². The lowest BCUT2D eigenvalue weighted by molar-refractivity contribution is -0.438. The first-order valence-electron chi connectivity index (χ1n) is 22.4. The Morgan fingerprint density at radius 3 is 2.01 bits per heavy atom. The summed E-state index contributed by atoms with van der Waals surface area (Å²) in [5.74, 6) is -1.87. The molecule has 0 aliphatic carbocycles. The minimum absolute atomic E-state index is 0.112. The van der Waals surface area contributed by atoms with Gasteiger partial charge in [-0.1, -0.05) is 68.5 Å². The van der Waals surface area contributed by atoms with Crippen LogP contribution in [0.3, 0.4) is 0 Å². The summed E-state index contributed by atoms with van der Waals surface area (Å²) in [6.45, 7) is 8.48. The van der Waals surface area contributed by atoms with Crippen LogP contribution in [0.1, 0.15) is 82.1 Å². The number of fused-ring (bicyclic) bond motifs is 6. The van der Waals surface area contributed by atoms with E-state index in [-0.39, 0.29) is 35.5 Å². The second-order valence-electron chi connectivity index (χ2n) is 18.6. The Hall–Kier alpha value is -5.58. The first kappa shape index (κ1) is 52.2. The summed E-state index contributed by atoms with van der Waals surface area (Å²) in [4.78, 5) is 13.1. The quantitative estimate of drug-likeness (QED) is 0.0225. The average molecular weight is 1040 g/mol. The van der Waals surface area contributed by atoms with Gasteiger partial charge in [-0.05, 0) is 120 Å². The number of unbranched alkanes of at least 4 members (excludes halogenated alkanes) is 2. The lowest BCUT2D eigenvalue weighted by atomic mass is 9.79. The molecule has 5 aromatic rings. The summed E-state index contributed by atoms with van der Waals surface area (Å²) < 4.78 is 138. The van der Waals surface area contributed by atoms with Gasteiger partial charge in [0, 0.05) is 59.3 Å². The van der Waals surface area contributed by atoms with Gasteiger partial charge in [0.1, 0.15) is 11.4 Å². The molecule has 0 aromatic heterocycles. The fourth-order valence-electron chi connectivity index (χ4n) is 9.87. The fraction of sp³-hybridized carbons (Fsp3) is 0.320. The average Bonchev–Trinajstić information content (AvgIpc) is 3.62. The fourth-order valence-corrected chi connectivity index (χ4v) is 12.2. The standard InChI is InChI=1S/C50H54N2O14S4/c1-49(2)44(52(28-6-8-30-68(58,59)60)42-23-21-38-39(47(42)49)13-10-14-43(38)70(64,65)66)24-18-34(36-12-9-11-33(31-36)15-26-46(53)54)19-25-45-50(3,4)48-40-32-37(69(61,62)63)20-16-35(40)17-22-41(48)51(45)27-5-7-29-67(55,56)57/h9-14,16-25,31-32H,5-8,15,26-30H2,1-4H3,(H4-,53,54,55,56,57,58,59,60,61,62,63,64,65,66)/p+1. The maximum absolute atomic E-state index is 12.5. The Kier molecular flexibility index (Phi) is 14.6. The zero-order valence-corrected chi connectivity index (χ0v) is 42.2. The topological polar surface area (TPSA) is 261 Å². The van der Waals surface area contributed by atoms with Crippen LogP contribution in [0.5, 0.6) is 0 Å². The van der Waals surface area contributed by atoms with Crippen LogP contribution in [0.25, 0.3) is 27.1 Å². The van der Waals surface area contributed by atoms with E-state index >= 15 is 0 Å². The second kappa shape index (κ2) is 19.6. The van der Waals surface area contributed by atoms with Gasteiger partial charge in [0.2, 0.25) is 5.69 Å². The number of carbonyl (C=O) groups is 1. The van der Waals surface area contributed by atoms with Crippen molar-refractivity contribution in [2.24, 2.45) is 0 Å². The Bertz CT molecular complexity index is 3540. The molecule has 7 rings (SSSR count). The summed E-state index contributed by atoms with van der Waals surface area (Å²) in [5, 5.41) is 11.7. The molecule has 2 aliphatic heterocycles. The Labute approximate surface area is 408 Å². The lowest BCUT2D eigenvalue weighted by Crippen LogP contribution is -2.28. The number of nitrogens with zero attached hydrogens (tertiary/aromatic N) is 2. The van der Waals surface area contributed by atoms with Crippen LogP contribution >= 0.6 is 0 Å². The number of benzene rings is 5. The van der Waals surface area contributed by atoms with Crippen molar-refractivity contribution in [3.8, 4) is 0 Å². The highest BCUT2D eigenvalue weighted by Crippen LogP contribution is 2.52. The van der Waals surface area contributed by atoms with Gasteiger partial charge in [-0.3, -0.25) is 23.0 Å². The molecule has 0 saturated carbocycles. The predicted molar refractivity (Wildman–Crippen MR) is 270 cm³/mol. The van der Waals surface area contributed by atoms with E-state index in [1.807, 2.05) is 97.9 Å². The van der Waals surface area contributed by atoms with Crippen LogP contribution in [-0.4, -0.2) is 97.8 Å². The maximum atomic E-state index is 12.5. The number of aliphatic carboxylic acids is 1. The lowest BCUT2D eigenvalue weighted by Gasteiger charge is -2.27. The van der Waals surface area contributed by atoms with Crippen LogP contribution in [0.15, 0.2) is 125 Å². The van der Waals surface area contributed by atoms with Gasteiger partial charge >= 0.3 is 5.97 Å². The van der Waals surface area contributed by atoms with E-state index in [1.54, 1.807) is 30.3 Å². The van der Waals surface area contributed by atoms with Crippen LogP contribution in [0, 0.1) is 0 Å². The minimum atomic E-state index is -4.61. The molecule has 0 saturated heterocycles. The minimum Gasteiger partial charge on any atom is -0.481 e. The number of hydrogen-bond acceptors (Lipinski definition) is 10. The number of hydrogen-bond donors (Lipinski definition) is 5. The summed E-state index contributed by atoms with van der Waals surface area (Å²) >= 11 is 0. The third-order valence-electron chi connectivity index (χ3n) is 13.0. The number of rotatable bonds is 19. The van der Waals surface area contributed by atoms with Crippen molar-refractivity contribution in [2.75, 3.05) is 29.5 Å². The highest BCUT2D eigenvalue weighted by Gasteiger charge is 2.46. The molecule has 0 unspecified atom stereocenters.